The molecule has 0 fully saturated rings. The number of carbonyl (C=O) groups is 3. The van der Waals surface area contributed by atoms with E-state index in [1.54, 1.807) is 24.3 Å². The van der Waals surface area contributed by atoms with Gasteiger partial charge in [-0.1, -0.05) is 0 Å². The molecule has 0 aromatic heterocycles. The maximum absolute atomic E-state index is 11.7. The second kappa shape index (κ2) is 7.90. The molecule has 108 valence electrons. The van der Waals surface area contributed by atoms with Gasteiger partial charge in [0.2, 0.25) is 6.41 Å². The molecule has 0 saturated carbocycles. The quantitative estimate of drug-likeness (QED) is 0.562. The Kier molecular flexibility index (Phi) is 6.18. The molecular formula is C13H17N3O4. The Balaban J connectivity index is 2.63. The Morgan fingerprint density at radius 2 is 2.00 bits per heavy atom. The number of benzene rings is 1. The molecule has 0 atom stereocenters. The van der Waals surface area contributed by atoms with Crippen molar-refractivity contribution in [1.82, 2.24) is 4.90 Å². The molecule has 1 rings (SSSR count). The number of nitrogens with one attached hydrogen (secondary N) is 1. The number of rotatable bonds is 6. The van der Waals surface area contributed by atoms with Gasteiger partial charge in [-0.15, -0.1) is 0 Å². The van der Waals surface area contributed by atoms with Crippen molar-refractivity contribution >= 4 is 23.9 Å². The summed E-state index contributed by atoms with van der Waals surface area (Å²) in [5, 5.41) is 2.41. The van der Waals surface area contributed by atoms with E-state index in [1.807, 2.05) is 0 Å². The smallest absolute Gasteiger partial charge is 0.318 e. The van der Waals surface area contributed by atoms with Crippen molar-refractivity contribution in [2.24, 2.45) is 5.73 Å². The van der Waals surface area contributed by atoms with Crippen molar-refractivity contribution in [3.05, 3.63) is 24.3 Å². The van der Waals surface area contributed by atoms with Gasteiger partial charge in [-0.25, -0.2) is 0 Å². The highest BCUT2D eigenvalue weighted by molar-refractivity contribution is 6.41. The van der Waals surface area contributed by atoms with E-state index in [2.05, 4.69) is 5.32 Å². The van der Waals surface area contributed by atoms with Gasteiger partial charge in [0, 0.05) is 12.2 Å². The predicted octanol–water partition coefficient (Wildman–Crippen LogP) is -0.0325. The molecule has 20 heavy (non-hydrogen) atoms. The van der Waals surface area contributed by atoms with Crippen LogP contribution in [0, 0.1) is 0 Å². The van der Waals surface area contributed by atoms with Gasteiger partial charge >= 0.3 is 11.8 Å². The van der Waals surface area contributed by atoms with E-state index < -0.39 is 11.8 Å². The summed E-state index contributed by atoms with van der Waals surface area (Å²) in [6.45, 7) is 0.451. The van der Waals surface area contributed by atoms with E-state index in [1.165, 1.54) is 7.11 Å². The van der Waals surface area contributed by atoms with E-state index >= 15 is 0 Å². The summed E-state index contributed by atoms with van der Waals surface area (Å²) in [6.07, 6.45) is 0.770. The number of imide groups is 1. The molecule has 3 amide bonds. The second-order valence-corrected chi connectivity index (χ2v) is 3.93. The van der Waals surface area contributed by atoms with E-state index in [4.69, 9.17) is 10.5 Å². The van der Waals surface area contributed by atoms with Crippen LogP contribution in [0.25, 0.3) is 0 Å². The molecule has 0 heterocycles. The molecule has 0 aliphatic heterocycles. The third kappa shape index (κ3) is 4.36. The minimum Gasteiger partial charge on any atom is -0.497 e. The van der Waals surface area contributed by atoms with Gasteiger partial charge in [-0.3, -0.25) is 19.3 Å². The van der Waals surface area contributed by atoms with Crippen LogP contribution in [-0.2, 0) is 14.4 Å². The zero-order valence-electron chi connectivity index (χ0n) is 11.2. The van der Waals surface area contributed by atoms with Crippen LogP contribution in [0.1, 0.15) is 6.42 Å². The van der Waals surface area contributed by atoms with Gasteiger partial charge in [0.25, 0.3) is 0 Å². The molecule has 0 saturated heterocycles. The Bertz CT molecular complexity index is 473. The Morgan fingerprint density at radius 1 is 1.35 bits per heavy atom. The highest BCUT2D eigenvalue weighted by Gasteiger charge is 2.21. The fraction of sp³-hybridized carbons (Fsp3) is 0.308. The van der Waals surface area contributed by atoms with E-state index in [-0.39, 0.29) is 6.54 Å². The second-order valence-electron chi connectivity index (χ2n) is 3.93. The van der Waals surface area contributed by atoms with Crippen LogP contribution in [0.15, 0.2) is 24.3 Å². The number of nitrogens with zero attached hydrogens (tertiary/aromatic N) is 1. The maximum Gasteiger partial charge on any atom is 0.318 e. The van der Waals surface area contributed by atoms with Crippen molar-refractivity contribution in [3.63, 3.8) is 0 Å². The SMILES string of the molecule is COc1ccc(NC(=O)C(=O)N(C=O)CCCN)cc1. The molecule has 3 N–H and O–H groups in total. The summed E-state index contributed by atoms with van der Waals surface area (Å²) in [7, 11) is 1.52. The highest BCUT2D eigenvalue weighted by atomic mass is 16.5. The number of amides is 3. The minimum atomic E-state index is -0.913. The number of methoxy groups -OCH3 is 1. The van der Waals surface area contributed by atoms with Gasteiger partial charge in [0.05, 0.1) is 7.11 Å². The summed E-state index contributed by atoms with van der Waals surface area (Å²) in [6, 6.07) is 6.47. The summed E-state index contributed by atoms with van der Waals surface area (Å²) in [5.41, 5.74) is 5.73. The van der Waals surface area contributed by atoms with Crippen LogP contribution in [0.3, 0.4) is 0 Å². The van der Waals surface area contributed by atoms with Crippen molar-refractivity contribution in [2.45, 2.75) is 6.42 Å². The standard InChI is InChI=1S/C13H17N3O4/c1-20-11-5-3-10(4-6-11)15-12(18)13(19)16(9-17)8-2-7-14/h3-6,9H,2,7-8,14H2,1H3,(H,15,18). The van der Waals surface area contributed by atoms with Crippen molar-refractivity contribution in [3.8, 4) is 5.75 Å². The van der Waals surface area contributed by atoms with Crippen LogP contribution in [0.5, 0.6) is 5.75 Å². The van der Waals surface area contributed by atoms with Crippen LogP contribution in [0.2, 0.25) is 0 Å². The lowest BCUT2D eigenvalue weighted by atomic mass is 10.3. The van der Waals surface area contributed by atoms with Crippen LogP contribution < -0.4 is 15.8 Å². The van der Waals surface area contributed by atoms with Crippen LogP contribution in [-0.4, -0.2) is 43.3 Å². The molecular weight excluding hydrogens is 262 g/mol. The molecule has 0 aliphatic rings. The van der Waals surface area contributed by atoms with E-state index in [0.29, 0.717) is 30.8 Å². The number of hydrogen-bond donors (Lipinski definition) is 2. The fourth-order valence-corrected chi connectivity index (χ4v) is 1.45. The first-order valence-corrected chi connectivity index (χ1v) is 6.03. The van der Waals surface area contributed by atoms with Gasteiger partial charge in [0.1, 0.15) is 5.75 Å². The van der Waals surface area contributed by atoms with E-state index in [0.717, 1.165) is 4.90 Å². The molecule has 7 heteroatoms. The summed E-state index contributed by atoms with van der Waals surface area (Å²) in [4.78, 5) is 35.0. The Morgan fingerprint density at radius 3 is 2.50 bits per heavy atom. The van der Waals surface area contributed by atoms with Crippen molar-refractivity contribution < 1.29 is 19.1 Å². The molecule has 1 aromatic carbocycles. The Hall–Kier alpha value is -2.41. The first kappa shape index (κ1) is 15.6. The lowest BCUT2D eigenvalue weighted by molar-refractivity contribution is -0.146. The zero-order valence-corrected chi connectivity index (χ0v) is 11.2. The topological polar surface area (TPSA) is 102 Å². The number of carbonyl (C=O) groups excluding carboxylic acids is 3. The number of anilines is 1. The predicted molar refractivity (Wildman–Crippen MR) is 73.1 cm³/mol. The minimum absolute atomic E-state index is 0.120. The molecule has 0 aliphatic carbocycles. The molecule has 0 bridgehead atoms. The van der Waals surface area contributed by atoms with Gasteiger partial charge < -0.3 is 15.8 Å². The van der Waals surface area contributed by atoms with Crippen molar-refractivity contribution in [1.29, 1.82) is 0 Å². The van der Waals surface area contributed by atoms with Gasteiger partial charge in [0.15, 0.2) is 0 Å². The highest BCUT2D eigenvalue weighted by Crippen LogP contribution is 2.14. The molecule has 0 spiro atoms. The third-order valence-electron chi connectivity index (χ3n) is 2.53. The van der Waals surface area contributed by atoms with Gasteiger partial charge in [-0.05, 0) is 37.2 Å². The fourth-order valence-electron chi connectivity index (χ4n) is 1.45. The summed E-state index contributed by atoms with van der Waals surface area (Å²) in [5.74, 6) is -1.16. The zero-order chi connectivity index (χ0) is 15.0. The summed E-state index contributed by atoms with van der Waals surface area (Å²) < 4.78 is 4.98. The molecule has 0 unspecified atom stereocenters. The third-order valence-corrected chi connectivity index (χ3v) is 2.53. The first-order chi connectivity index (χ1) is 9.62. The Labute approximate surface area is 116 Å². The normalized spacial score (nSPS) is 9.70. The van der Waals surface area contributed by atoms with Crippen LogP contribution in [0.4, 0.5) is 5.69 Å². The monoisotopic (exact) mass is 279 g/mol. The summed E-state index contributed by atoms with van der Waals surface area (Å²) >= 11 is 0. The molecule has 0 radical (unpaired) electrons. The number of ether oxygens (including phenoxy) is 1. The lowest BCUT2D eigenvalue weighted by Crippen LogP contribution is -2.39. The lowest BCUT2D eigenvalue weighted by Gasteiger charge is -2.14. The first-order valence-electron chi connectivity index (χ1n) is 6.03. The van der Waals surface area contributed by atoms with E-state index in [9.17, 15) is 14.4 Å². The van der Waals surface area contributed by atoms with Gasteiger partial charge in [-0.2, -0.15) is 0 Å². The number of nitrogens with two attached hydrogens (primary N) is 1. The maximum atomic E-state index is 11.7. The average Bonchev–Trinajstić information content (AvgIpc) is 2.48. The largest absolute Gasteiger partial charge is 0.497 e. The van der Waals surface area contributed by atoms with Crippen molar-refractivity contribution in [2.75, 3.05) is 25.5 Å². The average molecular weight is 279 g/mol. The van der Waals surface area contributed by atoms with Crippen LogP contribution >= 0.6 is 0 Å². The number of hydrogen-bond acceptors (Lipinski definition) is 5. The molecule has 7 nitrogen and oxygen atoms in total. The molecule has 1 aromatic rings.